The Kier molecular flexibility index (Phi) is 3.51. The number of ether oxygens (including phenoxy) is 1. The van der Waals surface area contributed by atoms with E-state index in [1.807, 2.05) is 0 Å². The number of carbonyl (C=O) groups excluding carboxylic acids is 2. The number of esters is 1. The van der Waals surface area contributed by atoms with Gasteiger partial charge in [0.05, 0.1) is 0 Å². The molecule has 0 aromatic carbocycles. The van der Waals surface area contributed by atoms with E-state index >= 15 is 0 Å². The highest BCUT2D eigenvalue weighted by molar-refractivity contribution is 9.10. The first-order valence-electron chi connectivity index (χ1n) is 5.33. The predicted octanol–water partition coefficient (Wildman–Crippen LogP) is 1.87. The number of carbonyl (C=O) groups is 2. The second-order valence-electron chi connectivity index (χ2n) is 3.93. The minimum absolute atomic E-state index is 0.0722. The van der Waals surface area contributed by atoms with Gasteiger partial charge < -0.3 is 14.5 Å². The van der Waals surface area contributed by atoms with Crippen molar-refractivity contribution in [1.29, 1.82) is 0 Å². The van der Waals surface area contributed by atoms with Crippen molar-refractivity contribution in [3.8, 4) is 0 Å². The van der Waals surface area contributed by atoms with Crippen LogP contribution >= 0.6 is 15.9 Å². The van der Waals surface area contributed by atoms with Crippen LogP contribution < -0.4 is 5.32 Å². The lowest BCUT2D eigenvalue weighted by molar-refractivity contribution is -0.129. The molecule has 6 heteroatoms. The molecule has 0 unspecified atom stereocenters. The second-order valence-corrected chi connectivity index (χ2v) is 4.72. The van der Waals surface area contributed by atoms with Gasteiger partial charge >= 0.3 is 5.97 Å². The monoisotopic (exact) mass is 301 g/mol. The molecule has 1 aromatic heterocycles. The van der Waals surface area contributed by atoms with E-state index in [9.17, 15) is 9.59 Å². The molecule has 1 amide bonds. The summed E-state index contributed by atoms with van der Waals surface area (Å²) in [5.41, 5.74) is 0. The summed E-state index contributed by atoms with van der Waals surface area (Å²) >= 11 is 3.08. The van der Waals surface area contributed by atoms with Gasteiger partial charge in [-0.2, -0.15) is 0 Å². The van der Waals surface area contributed by atoms with Gasteiger partial charge in [-0.1, -0.05) is 0 Å². The molecule has 0 saturated heterocycles. The average molecular weight is 302 g/mol. The Morgan fingerprint density at radius 1 is 1.53 bits per heavy atom. The van der Waals surface area contributed by atoms with Gasteiger partial charge in [0.25, 0.3) is 5.91 Å². The molecule has 1 atom stereocenters. The van der Waals surface area contributed by atoms with Gasteiger partial charge in [0.1, 0.15) is 0 Å². The van der Waals surface area contributed by atoms with Crippen LogP contribution in [0, 0.1) is 0 Å². The highest BCUT2D eigenvalue weighted by atomic mass is 79.9. The van der Waals surface area contributed by atoms with Gasteiger partial charge in [-0.3, -0.25) is 4.79 Å². The van der Waals surface area contributed by atoms with Crippen LogP contribution in [0.1, 0.15) is 30.3 Å². The minimum Gasteiger partial charge on any atom is -0.447 e. The first-order chi connectivity index (χ1) is 8.06. The van der Waals surface area contributed by atoms with Crippen molar-refractivity contribution in [2.75, 3.05) is 0 Å². The minimum atomic E-state index is -0.813. The second kappa shape index (κ2) is 4.91. The molecule has 2 rings (SSSR count). The maximum Gasteiger partial charge on any atom is 0.375 e. The number of hydrogen-bond donors (Lipinski definition) is 1. The fourth-order valence-corrected chi connectivity index (χ4v) is 1.55. The van der Waals surface area contributed by atoms with Gasteiger partial charge in [0, 0.05) is 6.04 Å². The predicted molar refractivity (Wildman–Crippen MR) is 62.5 cm³/mol. The summed E-state index contributed by atoms with van der Waals surface area (Å²) in [7, 11) is 0. The summed E-state index contributed by atoms with van der Waals surface area (Å²) in [6, 6.07) is 3.32. The van der Waals surface area contributed by atoms with Crippen LogP contribution in [0.2, 0.25) is 0 Å². The standard InChI is InChI=1S/C11H12BrNO4/c1-6(10(14)13-7-2-3-7)16-11(15)8-4-5-9(12)17-8/h4-7H,2-3H2,1H3,(H,13,14)/t6-/m0/s1. The van der Waals surface area contributed by atoms with Crippen LogP contribution in [-0.4, -0.2) is 24.0 Å². The third kappa shape index (κ3) is 3.33. The summed E-state index contributed by atoms with van der Waals surface area (Å²) < 4.78 is 10.4. The van der Waals surface area contributed by atoms with Crippen molar-refractivity contribution in [1.82, 2.24) is 5.32 Å². The molecule has 1 aliphatic rings. The molecule has 92 valence electrons. The Hall–Kier alpha value is -1.30. The first kappa shape index (κ1) is 12.2. The highest BCUT2D eigenvalue weighted by Gasteiger charge is 2.27. The maximum atomic E-state index is 11.6. The van der Waals surface area contributed by atoms with Gasteiger partial charge in [0.2, 0.25) is 5.76 Å². The normalized spacial score (nSPS) is 16.4. The van der Waals surface area contributed by atoms with Gasteiger partial charge in [-0.05, 0) is 47.8 Å². The van der Waals surface area contributed by atoms with Crippen molar-refractivity contribution >= 4 is 27.8 Å². The molecule has 0 aliphatic heterocycles. The lowest BCUT2D eigenvalue weighted by atomic mass is 10.3. The maximum absolute atomic E-state index is 11.6. The Labute approximate surface area is 107 Å². The Morgan fingerprint density at radius 2 is 2.24 bits per heavy atom. The van der Waals surface area contributed by atoms with Gasteiger partial charge in [-0.15, -0.1) is 0 Å². The van der Waals surface area contributed by atoms with Crippen molar-refractivity contribution in [2.45, 2.75) is 31.9 Å². The molecule has 1 heterocycles. The van der Waals surface area contributed by atoms with Crippen LogP contribution in [0.15, 0.2) is 21.2 Å². The molecule has 1 saturated carbocycles. The van der Waals surface area contributed by atoms with E-state index in [0.29, 0.717) is 4.67 Å². The zero-order chi connectivity index (χ0) is 12.4. The molecule has 1 fully saturated rings. The highest BCUT2D eigenvalue weighted by Crippen LogP contribution is 2.19. The molecular weight excluding hydrogens is 290 g/mol. The van der Waals surface area contributed by atoms with Crippen LogP contribution in [0.25, 0.3) is 0 Å². The lowest BCUT2D eigenvalue weighted by Crippen LogP contribution is -2.37. The SMILES string of the molecule is C[C@H](OC(=O)c1ccc(Br)o1)C(=O)NC1CC1. The van der Waals surface area contributed by atoms with E-state index in [-0.39, 0.29) is 17.7 Å². The van der Waals surface area contributed by atoms with Crippen LogP contribution in [0.3, 0.4) is 0 Å². The number of hydrogen-bond acceptors (Lipinski definition) is 4. The van der Waals surface area contributed by atoms with Crippen molar-refractivity contribution in [3.05, 3.63) is 22.6 Å². The summed E-state index contributed by atoms with van der Waals surface area (Å²) in [6.45, 7) is 1.54. The molecule has 0 bridgehead atoms. The Balaban J connectivity index is 1.86. The average Bonchev–Trinajstić information content (AvgIpc) is 2.97. The van der Waals surface area contributed by atoms with Crippen molar-refractivity contribution in [2.24, 2.45) is 0 Å². The molecule has 1 aliphatic carbocycles. The van der Waals surface area contributed by atoms with Gasteiger partial charge in [-0.25, -0.2) is 4.79 Å². The Morgan fingerprint density at radius 3 is 2.76 bits per heavy atom. The summed E-state index contributed by atoms with van der Waals surface area (Å²) in [5.74, 6) is -0.844. The fourth-order valence-electron chi connectivity index (χ4n) is 1.24. The van der Waals surface area contributed by atoms with Crippen LogP contribution in [0.4, 0.5) is 0 Å². The lowest BCUT2D eigenvalue weighted by Gasteiger charge is -2.11. The number of furan rings is 1. The third-order valence-corrected chi connectivity index (χ3v) is 2.78. The van der Waals surface area contributed by atoms with Crippen LogP contribution in [-0.2, 0) is 9.53 Å². The zero-order valence-corrected chi connectivity index (χ0v) is 10.8. The van der Waals surface area contributed by atoms with E-state index in [1.54, 1.807) is 6.07 Å². The van der Waals surface area contributed by atoms with Gasteiger partial charge in [0.15, 0.2) is 10.8 Å². The van der Waals surface area contributed by atoms with E-state index in [0.717, 1.165) is 12.8 Å². The van der Waals surface area contributed by atoms with Crippen LogP contribution in [0.5, 0.6) is 0 Å². The number of nitrogens with one attached hydrogen (secondary N) is 1. The summed E-state index contributed by atoms with van der Waals surface area (Å²) in [5, 5.41) is 2.76. The molecule has 5 nitrogen and oxygen atoms in total. The number of amides is 1. The topological polar surface area (TPSA) is 68.5 Å². The van der Waals surface area contributed by atoms with E-state index < -0.39 is 12.1 Å². The Bertz CT molecular complexity index is 438. The van der Waals surface area contributed by atoms with E-state index in [2.05, 4.69) is 21.2 Å². The molecular formula is C11H12BrNO4. The molecule has 17 heavy (non-hydrogen) atoms. The molecule has 0 radical (unpaired) electrons. The first-order valence-corrected chi connectivity index (χ1v) is 6.12. The van der Waals surface area contributed by atoms with E-state index in [4.69, 9.17) is 9.15 Å². The number of rotatable bonds is 4. The van der Waals surface area contributed by atoms with E-state index in [1.165, 1.54) is 13.0 Å². The molecule has 1 aromatic rings. The quantitative estimate of drug-likeness (QED) is 0.862. The molecule has 0 spiro atoms. The zero-order valence-electron chi connectivity index (χ0n) is 9.23. The summed E-state index contributed by atoms with van der Waals surface area (Å²) in [6.07, 6.45) is 1.18. The largest absolute Gasteiger partial charge is 0.447 e. The third-order valence-electron chi connectivity index (χ3n) is 2.35. The summed E-state index contributed by atoms with van der Waals surface area (Å²) in [4.78, 5) is 23.1. The van der Waals surface area contributed by atoms with Crippen molar-refractivity contribution in [3.63, 3.8) is 0 Å². The smallest absolute Gasteiger partial charge is 0.375 e. The number of halogens is 1. The fraction of sp³-hybridized carbons (Fsp3) is 0.455. The van der Waals surface area contributed by atoms with Crippen molar-refractivity contribution < 1.29 is 18.7 Å². The molecule has 1 N–H and O–H groups in total.